The minimum absolute atomic E-state index is 0.617. The maximum absolute atomic E-state index is 5.58. The van der Waals surface area contributed by atoms with Crippen LogP contribution in [0.15, 0.2) is 76.8 Å². The van der Waals surface area contributed by atoms with E-state index in [1.165, 1.54) is 0 Å². The van der Waals surface area contributed by atoms with E-state index in [-0.39, 0.29) is 0 Å². The van der Waals surface area contributed by atoms with Gasteiger partial charge in [0.1, 0.15) is 11.8 Å². The van der Waals surface area contributed by atoms with Crippen LogP contribution < -0.4 is 10.3 Å². The predicted molar refractivity (Wildman–Crippen MR) is 127 cm³/mol. The Bertz CT molecular complexity index is 1440. The summed E-state index contributed by atoms with van der Waals surface area (Å²) in [4.78, 5) is 11.2. The van der Waals surface area contributed by atoms with Crippen LogP contribution in [0.5, 0.6) is 0 Å². The highest BCUT2D eigenvalue weighted by Gasteiger charge is 2.18. The molecule has 0 amide bonds. The average molecular weight is 439 g/mol. The molecule has 1 aromatic carbocycles. The molecule has 0 aliphatic carbocycles. The summed E-state index contributed by atoms with van der Waals surface area (Å²) >= 11 is 0. The molecule has 1 aliphatic heterocycles. The molecule has 1 fully saturated rings. The van der Waals surface area contributed by atoms with E-state index < -0.39 is 0 Å². The van der Waals surface area contributed by atoms with E-state index in [0.717, 1.165) is 52.2 Å². The van der Waals surface area contributed by atoms with Gasteiger partial charge in [0.15, 0.2) is 11.5 Å². The van der Waals surface area contributed by atoms with Crippen molar-refractivity contribution in [2.45, 2.75) is 0 Å². The standard InChI is InChI=1S/C24H21N7O2/c1-2-4-22-19(3-1)18(16-33-22)14-26-28-23-13-21(30-9-11-32-12-10-30)24-27-20(15-31(24)29-23)17-5-7-25-8-6-17/h1-8,13-16H,9-12H2,(H,28,29)/b26-14+. The van der Waals surface area contributed by atoms with Gasteiger partial charge >= 0.3 is 0 Å². The molecule has 33 heavy (non-hydrogen) atoms. The van der Waals surface area contributed by atoms with Crippen LogP contribution in [-0.4, -0.2) is 52.1 Å². The smallest absolute Gasteiger partial charge is 0.177 e. The number of para-hydroxylation sites is 1. The molecule has 1 saturated heterocycles. The third kappa shape index (κ3) is 3.79. The molecule has 164 valence electrons. The summed E-state index contributed by atoms with van der Waals surface area (Å²) in [5.41, 5.74) is 8.40. The number of imidazole rings is 1. The van der Waals surface area contributed by atoms with E-state index in [1.807, 2.05) is 48.7 Å². The van der Waals surface area contributed by atoms with Crippen molar-refractivity contribution in [3.63, 3.8) is 0 Å². The minimum atomic E-state index is 0.617. The molecule has 0 spiro atoms. The number of ether oxygens (including phenoxy) is 1. The van der Waals surface area contributed by atoms with E-state index in [0.29, 0.717) is 19.0 Å². The summed E-state index contributed by atoms with van der Waals surface area (Å²) < 4.78 is 12.9. The predicted octanol–water partition coefficient (Wildman–Crippen LogP) is 3.82. The highest BCUT2D eigenvalue weighted by Crippen LogP contribution is 2.28. The highest BCUT2D eigenvalue weighted by molar-refractivity contribution is 5.97. The molecule has 1 aliphatic rings. The molecule has 0 atom stereocenters. The van der Waals surface area contributed by atoms with Crippen molar-refractivity contribution in [3.05, 3.63) is 72.9 Å². The number of benzene rings is 1. The first-order valence-corrected chi connectivity index (χ1v) is 10.7. The number of rotatable bonds is 5. The lowest BCUT2D eigenvalue weighted by Gasteiger charge is -2.29. The van der Waals surface area contributed by atoms with Crippen LogP contribution in [0, 0.1) is 0 Å². The lowest BCUT2D eigenvalue weighted by atomic mass is 10.2. The summed E-state index contributed by atoms with van der Waals surface area (Å²) in [6.45, 7) is 2.95. The third-order valence-corrected chi connectivity index (χ3v) is 5.63. The van der Waals surface area contributed by atoms with Crippen LogP contribution in [0.4, 0.5) is 11.5 Å². The second kappa shape index (κ2) is 8.36. The zero-order valence-electron chi connectivity index (χ0n) is 17.8. The summed E-state index contributed by atoms with van der Waals surface area (Å²) in [7, 11) is 0. The zero-order chi connectivity index (χ0) is 22.0. The number of anilines is 2. The van der Waals surface area contributed by atoms with E-state index in [4.69, 9.17) is 19.2 Å². The van der Waals surface area contributed by atoms with Crippen molar-refractivity contribution in [1.82, 2.24) is 19.6 Å². The Morgan fingerprint density at radius 1 is 1.06 bits per heavy atom. The fourth-order valence-electron chi connectivity index (χ4n) is 3.98. The summed E-state index contributed by atoms with van der Waals surface area (Å²) in [6, 6.07) is 13.7. The number of morpholine rings is 1. The first-order valence-electron chi connectivity index (χ1n) is 10.7. The van der Waals surface area contributed by atoms with Crippen molar-refractivity contribution in [2.75, 3.05) is 36.6 Å². The zero-order valence-corrected chi connectivity index (χ0v) is 17.8. The number of fused-ring (bicyclic) bond motifs is 2. The van der Waals surface area contributed by atoms with Gasteiger partial charge in [0.2, 0.25) is 0 Å². The Hall–Kier alpha value is -4.24. The largest absolute Gasteiger partial charge is 0.464 e. The Kier molecular flexibility index (Phi) is 4.93. The topological polar surface area (TPSA) is 93.1 Å². The van der Waals surface area contributed by atoms with Crippen molar-refractivity contribution in [1.29, 1.82) is 0 Å². The van der Waals surface area contributed by atoms with Crippen molar-refractivity contribution < 1.29 is 9.15 Å². The summed E-state index contributed by atoms with van der Waals surface area (Å²) in [6.07, 6.45) is 8.88. The van der Waals surface area contributed by atoms with E-state index in [9.17, 15) is 0 Å². The van der Waals surface area contributed by atoms with Crippen LogP contribution in [-0.2, 0) is 4.74 Å². The SMILES string of the molecule is C(=N\Nc1cc(N2CCOCC2)c2nc(-c3ccncc3)cn2n1)/c1coc2ccccc12. The average Bonchev–Trinajstić information content (AvgIpc) is 3.49. The minimum Gasteiger partial charge on any atom is -0.464 e. The number of hydrogen-bond donors (Lipinski definition) is 1. The van der Waals surface area contributed by atoms with Gasteiger partial charge in [0.25, 0.3) is 0 Å². The highest BCUT2D eigenvalue weighted by atomic mass is 16.5. The molecule has 9 heteroatoms. The first kappa shape index (κ1) is 19.4. The van der Waals surface area contributed by atoms with Gasteiger partial charge in [-0.15, -0.1) is 5.10 Å². The summed E-state index contributed by atoms with van der Waals surface area (Å²) in [5.74, 6) is 0.617. The number of nitrogens with one attached hydrogen (secondary N) is 1. The quantitative estimate of drug-likeness (QED) is 0.329. The molecule has 9 nitrogen and oxygen atoms in total. The van der Waals surface area contributed by atoms with Gasteiger partial charge in [-0.1, -0.05) is 18.2 Å². The molecule has 0 unspecified atom stereocenters. The van der Waals surface area contributed by atoms with Gasteiger partial charge < -0.3 is 14.1 Å². The fraction of sp³-hybridized carbons (Fsp3) is 0.167. The van der Waals surface area contributed by atoms with Gasteiger partial charge in [-0.2, -0.15) is 5.10 Å². The number of hydrazone groups is 1. The van der Waals surface area contributed by atoms with Gasteiger partial charge in [-0.05, 0) is 18.2 Å². The number of pyridine rings is 1. The van der Waals surface area contributed by atoms with Crippen LogP contribution >= 0.6 is 0 Å². The second-order valence-electron chi connectivity index (χ2n) is 7.70. The Labute approximate surface area is 189 Å². The van der Waals surface area contributed by atoms with Crippen LogP contribution in [0.1, 0.15) is 5.56 Å². The lowest BCUT2D eigenvalue weighted by molar-refractivity contribution is 0.123. The van der Waals surface area contributed by atoms with Gasteiger partial charge in [-0.3, -0.25) is 10.4 Å². The van der Waals surface area contributed by atoms with E-state index in [2.05, 4.69) is 20.4 Å². The summed E-state index contributed by atoms with van der Waals surface area (Å²) in [5, 5.41) is 10.1. The van der Waals surface area contributed by atoms with Crippen LogP contribution in [0.2, 0.25) is 0 Å². The fourth-order valence-corrected chi connectivity index (χ4v) is 3.98. The molecule has 0 saturated carbocycles. The number of hydrogen-bond acceptors (Lipinski definition) is 8. The van der Waals surface area contributed by atoms with E-state index in [1.54, 1.807) is 29.4 Å². The van der Waals surface area contributed by atoms with Crippen LogP contribution in [0.3, 0.4) is 0 Å². The van der Waals surface area contributed by atoms with Crippen molar-refractivity contribution in [2.24, 2.45) is 5.10 Å². The van der Waals surface area contributed by atoms with Gasteiger partial charge in [0.05, 0.1) is 37.0 Å². The Balaban J connectivity index is 1.36. The second-order valence-corrected chi connectivity index (χ2v) is 7.70. The number of aromatic nitrogens is 4. The molecular formula is C24H21N7O2. The molecule has 4 aromatic heterocycles. The number of furan rings is 1. The normalized spacial score (nSPS) is 14.5. The lowest BCUT2D eigenvalue weighted by Crippen LogP contribution is -2.36. The van der Waals surface area contributed by atoms with E-state index >= 15 is 0 Å². The number of nitrogens with zero attached hydrogens (tertiary/aromatic N) is 6. The molecule has 6 rings (SSSR count). The molecular weight excluding hydrogens is 418 g/mol. The maximum atomic E-state index is 5.58. The Morgan fingerprint density at radius 2 is 1.91 bits per heavy atom. The maximum Gasteiger partial charge on any atom is 0.177 e. The molecule has 1 N–H and O–H groups in total. The van der Waals surface area contributed by atoms with Crippen molar-refractivity contribution in [3.8, 4) is 11.3 Å². The van der Waals surface area contributed by atoms with Gasteiger partial charge in [0, 0.05) is 48.1 Å². The molecule has 0 radical (unpaired) electrons. The molecule has 5 heterocycles. The third-order valence-electron chi connectivity index (χ3n) is 5.63. The monoisotopic (exact) mass is 439 g/mol. The van der Waals surface area contributed by atoms with Crippen LogP contribution in [0.25, 0.3) is 27.9 Å². The molecule has 0 bridgehead atoms. The Morgan fingerprint density at radius 3 is 2.79 bits per heavy atom. The first-order chi connectivity index (χ1) is 16.3. The van der Waals surface area contributed by atoms with Gasteiger partial charge in [-0.25, -0.2) is 9.50 Å². The van der Waals surface area contributed by atoms with Crippen molar-refractivity contribution >= 4 is 34.3 Å². The molecule has 5 aromatic rings.